The highest BCUT2D eigenvalue weighted by Crippen LogP contribution is 2.29. The van der Waals surface area contributed by atoms with E-state index in [4.69, 9.17) is 0 Å². The molecule has 1 saturated carbocycles. The monoisotopic (exact) mass is 309 g/mol. The number of benzene rings is 1. The van der Waals surface area contributed by atoms with E-state index in [2.05, 4.69) is 5.10 Å². The minimum absolute atomic E-state index is 0.000333. The van der Waals surface area contributed by atoms with Gasteiger partial charge < -0.3 is 0 Å². The molecule has 6 nitrogen and oxygen atoms in total. The molecule has 1 heterocycles. The molecule has 0 radical (unpaired) electrons. The minimum Gasteiger partial charge on any atom is -0.289 e. The molecular weight excluding hydrogens is 294 g/mol. The molecule has 1 aliphatic carbocycles. The van der Waals surface area contributed by atoms with E-state index >= 15 is 0 Å². The van der Waals surface area contributed by atoms with E-state index in [0.717, 1.165) is 11.1 Å². The second-order valence-corrected chi connectivity index (χ2v) is 5.47. The number of hydrogen-bond donors (Lipinski definition) is 0. The van der Waals surface area contributed by atoms with Gasteiger partial charge in [-0.15, -0.1) is 0 Å². The van der Waals surface area contributed by atoms with Gasteiger partial charge in [0.1, 0.15) is 0 Å². The maximum absolute atomic E-state index is 12.4. The van der Waals surface area contributed by atoms with Gasteiger partial charge in [-0.1, -0.05) is 12.1 Å². The van der Waals surface area contributed by atoms with E-state index < -0.39 is 4.92 Å². The number of rotatable bonds is 3. The molecule has 2 aromatic rings. The molecule has 0 aliphatic heterocycles. The van der Waals surface area contributed by atoms with E-state index in [1.54, 1.807) is 29.1 Å². The molecule has 6 heteroatoms. The number of nitro groups is 1. The zero-order valence-corrected chi connectivity index (χ0v) is 12.6. The highest BCUT2D eigenvalue weighted by atomic mass is 16.6. The summed E-state index contributed by atoms with van der Waals surface area (Å²) in [5.41, 5.74) is 3.02. The summed E-state index contributed by atoms with van der Waals surface area (Å²) >= 11 is 0. The van der Waals surface area contributed by atoms with Crippen molar-refractivity contribution in [1.29, 1.82) is 0 Å². The van der Waals surface area contributed by atoms with Crippen molar-refractivity contribution in [1.82, 2.24) is 9.78 Å². The molecule has 0 atom stereocenters. The zero-order valence-electron chi connectivity index (χ0n) is 12.6. The number of Topliss-reactive ketones (excluding diaryl/α,β-unsaturated/α-hetero) is 1. The lowest BCUT2D eigenvalue weighted by Crippen LogP contribution is -1.95. The lowest BCUT2D eigenvalue weighted by Gasteiger charge is -1.97. The van der Waals surface area contributed by atoms with Gasteiger partial charge in [-0.25, -0.2) is 0 Å². The van der Waals surface area contributed by atoms with Crippen LogP contribution in [0.4, 0.5) is 5.69 Å². The summed E-state index contributed by atoms with van der Waals surface area (Å²) in [5.74, 6) is 0.000333. The van der Waals surface area contributed by atoms with Crippen LogP contribution in [0.15, 0.2) is 47.8 Å². The SMILES string of the molecule is Cn1cc(/C=C2/CC/C(=C\c3cccc([N+](=O)[O-])c3)C2=O)cn1. The molecule has 0 N–H and O–H groups in total. The van der Waals surface area contributed by atoms with Crippen molar-refractivity contribution in [3.05, 3.63) is 69.0 Å². The predicted molar refractivity (Wildman–Crippen MR) is 86.5 cm³/mol. The van der Waals surface area contributed by atoms with Crippen LogP contribution in [0.2, 0.25) is 0 Å². The van der Waals surface area contributed by atoms with Crippen molar-refractivity contribution in [3.63, 3.8) is 0 Å². The van der Waals surface area contributed by atoms with Crippen molar-refractivity contribution >= 4 is 23.6 Å². The van der Waals surface area contributed by atoms with Gasteiger partial charge >= 0.3 is 0 Å². The zero-order chi connectivity index (χ0) is 16.4. The molecule has 0 unspecified atom stereocenters. The first-order valence-electron chi connectivity index (χ1n) is 7.22. The molecule has 0 bridgehead atoms. The van der Waals surface area contributed by atoms with E-state index in [1.807, 2.05) is 19.3 Å². The van der Waals surface area contributed by atoms with E-state index in [0.29, 0.717) is 24.0 Å². The van der Waals surface area contributed by atoms with Crippen LogP contribution < -0.4 is 0 Å². The third-order valence-corrected chi connectivity index (χ3v) is 3.73. The maximum Gasteiger partial charge on any atom is 0.270 e. The summed E-state index contributed by atoms with van der Waals surface area (Å²) in [7, 11) is 1.83. The second-order valence-electron chi connectivity index (χ2n) is 5.47. The molecule has 3 rings (SSSR count). The highest BCUT2D eigenvalue weighted by molar-refractivity contribution is 6.15. The van der Waals surface area contributed by atoms with Crippen LogP contribution in [0.25, 0.3) is 12.2 Å². The van der Waals surface area contributed by atoms with E-state index in [9.17, 15) is 14.9 Å². The predicted octanol–water partition coefficient (Wildman–Crippen LogP) is 3.16. The number of aryl methyl sites for hydroxylation is 1. The normalized spacial score (nSPS) is 18.0. The smallest absolute Gasteiger partial charge is 0.270 e. The summed E-state index contributed by atoms with van der Waals surface area (Å²) in [4.78, 5) is 22.8. The Morgan fingerprint density at radius 3 is 2.52 bits per heavy atom. The number of aromatic nitrogens is 2. The Kier molecular flexibility index (Phi) is 3.89. The number of nitrogens with zero attached hydrogens (tertiary/aromatic N) is 3. The van der Waals surface area contributed by atoms with Crippen LogP contribution >= 0.6 is 0 Å². The van der Waals surface area contributed by atoms with Crippen LogP contribution in [0, 0.1) is 10.1 Å². The minimum atomic E-state index is -0.438. The molecule has 116 valence electrons. The number of ketones is 1. The van der Waals surface area contributed by atoms with E-state index in [1.165, 1.54) is 12.1 Å². The largest absolute Gasteiger partial charge is 0.289 e. The van der Waals surface area contributed by atoms with Gasteiger partial charge in [-0.2, -0.15) is 5.10 Å². The first kappa shape index (κ1) is 14.9. The lowest BCUT2D eigenvalue weighted by atomic mass is 10.1. The molecule has 1 aromatic heterocycles. The van der Waals surface area contributed by atoms with Gasteiger partial charge in [-0.05, 0) is 30.6 Å². The van der Waals surface area contributed by atoms with Crippen LogP contribution in [0.5, 0.6) is 0 Å². The fourth-order valence-electron chi connectivity index (χ4n) is 2.62. The molecule has 1 aliphatic rings. The molecule has 23 heavy (non-hydrogen) atoms. The number of allylic oxidation sites excluding steroid dienone is 2. The van der Waals surface area contributed by atoms with Gasteiger partial charge in [0, 0.05) is 42.1 Å². The molecular formula is C17H15N3O3. The lowest BCUT2D eigenvalue weighted by molar-refractivity contribution is -0.384. The third kappa shape index (κ3) is 3.26. The van der Waals surface area contributed by atoms with Gasteiger partial charge in [0.15, 0.2) is 5.78 Å². The Morgan fingerprint density at radius 2 is 1.91 bits per heavy atom. The summed E-state index contributed by atoms with van der Waals surface area (Å²) in [6, 6.07) is 6.29. The number of carbonyl (C=O) groups is 1. The van der Waals surface area contributed by atoms with Crippen molar-refractivity contribution < 1.29 is 9.72 Å². The van der Waals surface area contributed by atoms with Crippen molar-refractivity contribution in [3.8, 4) is 0 Å². The fraction of sp³-hybridized carbons (Fsp3) is 0.176. The van der Waals surface area contributed by atoms with Crippen molar-refractivity contribution in [2.24, 2.45) is 7.05 Å². The van der Waals surface area contributed by atoms with Crippen molar-refractivity contribution in [2.75, 3.05) is 0 Å². The Hall–Kier alpha value is -3.02. The first-order chi connectivity index (χ1) is 11.0. The topological polar surface area (TPSA) is 78.0 Å². The summed E-state index contributed by atoms with van der Waals surface area (Å²) in [5, 5.41) is 14.9. The summed E-state index contributed by atoms with van der Waals surface area (Å²) < 4.78 is 1.69. The molecule has 0 spiro atoms. The highest BCUT2D eigenvalue weighted by Gasteiger charge is 2.23. The van der Waals surface area contributed by atoms with Gasteiger partial charge in [0.2, 0.25) is 0 Å². The fourth-order valence-corrected chi connectivity index (χ4v) is 2.62. The van der Waals surface area contributed by atoms with Crippen molar-refractivity contribution in [2.45, 2.75) is 12.8 Å². The Balaban J connectivity index is 1.85. The van der Waals surface area contributed by atoms with Crippen LogP contribution in [-0.4, -0.2) is 20.5 Å². The average molecular weight is 309 g/mol. The number of non-ortho nitro benzene ring substituents is 1. The number of carbonyl (C=O) groups excluding carboxylic acids is 1. The molecule has 1 fully saturated rings. The van der Waals surface area contributed by atoms with Gasteiger partial charge in [0.25, 0.3) is 5.69 Å². The number of nitro benzene ring substituents is 1. The van der Waals surface area contributed by atoms with Crippen LogP contribution in [-0.2, 0) is 11.8 Å². The maximum atomic E-state index is 12.4. The van der Waals surface area contributed by atoms with E-state index in [-0.39, 0.29) is 11.5 Å². The summed E-state index contributed by atoms with van der Waals surface area (Å²) in [6.07, 6.45) is 8.47. The third-order valence-electron chi connectivity index (χ3n) is 3.73. The second kappa shape index (κ2) is 6.00. The van der Waals surface area contributed by atoms with Crippen LogP contribution in [0.3, 0.4) is 0 Å². The average Bonchev–Trinajstić information content (AvgIpc) is 3.08. The quantitative estimate of drug-likeness (QED) is 0.495. The first-order valence-corrected chi connectivity index (χ1v) is 7.22. The summed E-state index contributed by atoms with van der Waals surface area (Å²) in [6.45, 7) is 0. The Bertz CT molecular complexity index is 846. The Morgan fingerprint density at radius 1 is 1.22 bits per heavy atom. The van der Waals surface area contributed by atoms with Gasteiger partial charge in [-0.3, -0.25) is 19.6 Å². The Labute approximate surface area is 132 Å². The molecule has 0 amide bonds. The molecule has 0 saturated heterocycles. The molecule has 1 aromatic carbocycles. The number of hydrogen-bond acceptors (Lipinski definition) is 4. The van der Waals surface area contributed by atoms with Crippen LogP contribution in [0.1, 0.15) is 24.0 Å². The standard InChI is InChI=1S/C17H15N3O3/c1-19-11-13(10-18-19)8-15-6-5-14(17(15)21)7-12-3-2-4-16(9-12)20(22)23/h2-4,7-11H,5-6H2,1H3/b14-7+,15-8-. The van der Waals surface area contributed by atoms with Gasteiger partial charge in [0.05, 0.1) is 11.1 Å².